The Bertz CT molecular complexity index is 942. The van der Waals surface area contributed by atoms with Gasteiger partial charge in [-0.3, -0.25) is 4.79 Å². The highest BCUT2D eigenvalue weighted by atomic mass is 16.6. The molecule has 1 saturated heterocycles. The van der Waals surface area contributed by atoms with Crippen molar-refractivity contribution in [1.82, 2.24) is 4.98 Å². The number of nitrogens with one attached hydrogen (secondary N) is 1. The molecule has 2 rings (SSSR count). The fraction of sp³-hybridized carbons (Fsp3) is 0.577. The molecular formula is C26H39NO5. The molecule has 1 aliphatic rings. The first-order valence-electron chi connectivity index (χ1n) is 11.1. The number of epoxide rings is 1. The summed E-state index contributed by atoms with van der Waals surface area (Å²) < 4.78 is 21.9. The van der Waals surface area contributed by atoms with Crippen molar-refractivity contribution in [3.8, 4) is 11.6 Å². The first-order chi connectivity index (χ1) is 15.1. The van der Waals surface area contributed by atoms with E-state index >= 15 is 0 Å². The molecule has 2 heterocycles. The zero-order valence-electron chi connectivity index (χ0n) is 21.0. The molecule has 0 bridgehead atoms. The molecule has 1 N–H and O–H groups in total. The second-order valence-corrected chi connectivity index (χ2v) is 8.86. The summed E-state index contributed by atoms with van der Waals surface area (Å²) in [4.78, 5) is 15.6. The molecule has 0 amide bonds. The monoisotopic (exact) mass is 445 g/mol. The summed E-state index contributed by atoms with van der Waals surface area (Å²) in [5, 5.41) is 0. The maximum absolute atomic E-state index is 12.5. The van der Waals surface area contributed by atoms with Crippen LogP contribution in [0.5, 0.6) is 11.6 Å². The molecule has 0 aliphatic carbocycles. The van der Waals surface area contributed by atoms with E-state index in [0.29, 0.717) is 17.9 Å². The summed E-state index contributed by atoms with van der Waals surface area (Å²) in [6, 6.07) is 0. The number of methoxy groups -OCH3 is 3. The van der Waals surface area contributed by atoms with Gasteiger partial charge >= 0.3 is 0 Å². The van der Waals surface area contributed by atoms with Crippen LogP contribution in [0.3, 0.4) is 0 Å². The number of hydrogen-bond donors (Lipinski definition) is 1. The van der Waals surface area contributed by atoms with Crippen molar-refractivity contribution in [2.75, 3.05) is 21.3 Å². The second-order valence-electron chi connectivity index (χ2n) is 8.86. The maximum Gasteiger partial charge on any atom is 0.238 e. The van der Waals surface area contributed by atoms with E-state index in [-0.39, 0.29) is 34.9 Å². The molecule has 0 aromatic carbocycles. The molecule has 1 aromatic heterocycles. The van der Waals surface area contributed by atoms with Gasteiger partial charge in [0.25, 0.3) is 0 Å². The Morgan fingerprint density at radius 1 is 1.25 bits per heavy atom. The Balaban J connectivity index is 2.00. The lowest BCUT2D eigenvalue weighted by atomic mass is 9.89. The number of allylic oxidation sites excluding steroid dienone is 5. The SMILES string of the molecule is COc1[nH]c(C/C=C(\C)C/C=C/C(C)=C/[C@@H](C)[C@@H](OC)C2(C)OC2C)c(C)c(=O)c1OC. The molecule has 1 fully saturated rings. The van der Waals surface area contributed by atoms with Crippen molar-refractivity contribution in [3.05, 3.63) is 56.9 Å². The third kappa shape index (κ3) is 5.93. The van der Waals surface area contributed by atoms with E-state index in [1.165, 1.54) is 25.4 Å². The van der Waals surface area contributed by atoms with Crippen molar-refractivity contribution >= 4 is 0 Å². The van der Waals surface area contributed by atoms with E-state index in [9.17, 15) is 4.79 Å². The Hall–Kier alpha value is -2.31. The molecule has 0 saturated carbocycles. The van der Waals surface area contributed by atoms with E-state index < -0.39 is 0 Å². The number of hydrogen-bond acceptors (Lipinski definition) is 5. The number of aromatic nitrogens is 1. The zero-order chi connectivity index (χ0) is 24.1. The van der Waals surface area contributed by atoms with Gasteiger partial charge in [0.15, 0.2) is 0 Å². The van der Waals surface area contributed by atoms with Gasteiger partial charge in [0.2, 0.25) is 17.1 Å². The summed E-state index contributed by atoms with van der Waals surface area (Å²) >= 11 is 0. The highest BCUT2D eigenvalue weighted by Gasteiger charge is 2.56. The zero-order valence-corrected chi connectivity index (χ0v) is 21.0. The molecule has 4 atom stereocenters. The molecule has 6 heteroatoms. The molecular weight excluding hydrogens is 406 g/mol. The van der Waals surface area contributed by atoms with Crippen LogP contribution in [-0.2, 0) is 15.9 Å². The molecule has 1 aromatic rings. The largest absolute Gasteiger partial charge is 0.488 e. The topological polar surface area (TPSA) is 73.1 Å². The second kappa shape index (κ2) is 11.0. The molecule has 1 aliphatic heterocycles. The van der Waals surface area contributed by atoms with Crippen molar-refractivity contribution in [2.45, 2.75) is 72.2 Å². The Kier molecular flexibility index (Phi) is 8.93. The lowest BCUT2D eigenvalue weighted by Gasteiger charge is -2.24. The number of pyridine rings is 1. The number of aromatic amines is 1. The quantitative estimate of drug-likeness (QED) is 0.298. The van der Waals surface area contributed by atoms with E-state index in [0.717, 1.165) is 12.1 Å². The predicted octanol–water partition coefficient (Wildman–Crippen LogP) is 4.91. The summed E-state index contributed by atoms with van der Waals surface area (Å²) in [6.45, 7) is 12.4. The normalized spacial score (nSPS) is 23.3. The van der Waals surface area contributed by atoms with Crippen molar-refractivity contribution in [3.63, 3.8) is 0 Å². The maximum atomic E-state index is 12.5. The minimum atomic E-state index is -0.197. The average molecular weight is 446 g/mol. The number of ether oxygens (including phenoxy) is 4. The van der Waals surface area contributed by atoms with Gasteiger partial charge < -0.3 is 23.9 Å². The van der Waals surface area contributed by atoms with Gasteiger partial charge in [0.1, 0.15) is 5.60 Å². The van der Waals surface area contributed by atoms with Gasteiger partial charge in [-0.05, 0) is 41.0 Å². The van der Waals surface area contributed by atoms with Gasteiger partial charge in [-0.1, -0.05) is 42.4 Å². The fourth-order valence-corrected chi connectivity index (χ4v) is 4.20. The minimum Gasteiger partial charge on any atom is -0.488 e. The van der Waals surface area contributed by atoms with E-state index in [1.54, 1.807) is 14.0 Å². The molecule has 0 spiro atoms. The lowest BCUT2D eigenvalue weighted by molar-refractivity contribution is 0.0132. The van der Waals surface area contributed by atoms with Gasteiger partial charge in [-0.2, -0.15) is 0 Å². The lowest BCUT2D eigenvalue weighted by Crippen LogP contribution is -2.35. The summed E-state index contributed by atoms with van der Waals surface area (Å²) in [7, 11) is 4.74. The summed E-state index contributed by atoms with van der Waals surface area (Å²) in [5.74, 6) is 0.815. The summed E-state index contributed by atoms with van der Waals surface area (Å²) in [5.41, 5.74) is 3.55. The van der Waals surface area contributed by atoms with Crippen LogP contribution in [0.4, 0.5) is 0 Å². The van der Waals surface area contributed by atoms with Crippen LogP contribution < -0.4 is 14.9 Å². The van der Waals surface area contributed by atoms with E-state index in [2.05, 4.69) is 63.9 Å². The first kappa shape index (κ1) is 25.9. The number of rotatable bonds is 11. The van der Waals surface area contributed by atoms with E-state index in [4.69, 9.17) is 18.9 Å². The molecule has 0 radical (unpaired) electrons. The van der Waals surface area contributed by atoms with E-state index in [1.807, 2.05) is 0 Å². The minimum absolute atomic E-state index is 0.0364. The third-order valence-electron chi connectivity index (χ3n) is 6.36. The summed E-state index contributed by atoms with van der Waals surface area (Å²) in [6.07, 6.45) is 10.4. The highest BCUT2D eigenvalue weighted by Crippen LogP contribution is 2.43. The van der Waals surface area contributed by atoms with Crippen molar-refractivity contribution < 1.29 is 18.9 Å². The van der Waals surface area contributed by atoms with Crippen LogP contribution in [0.15, 0.2) is 40.2 Å². The molecule has 32 heavy (non-hydrogen) atoms. The van der Waals surface area contributed by atoms with Crippen LogP contribution in [0, 0.1) is 12.8 Å². The van der Waals surface area contributed by atoms with Gasteiger partial charge in [-0.25, -0.2) is 0 Å². The number of H-pyrrole nitrogens is 1. The van der Waals surface area contributed by atoms with Crippen molar-refractivity contribution in [2.24, 2.45) is 5.92 Å². The van der Waals surface area contributed by atoms with Crippen LogP contribution in [0.2, 0.25) is 0 Å². The van der Waals surface area contributed by atoms with Gasteiger partial charge in [-0.15, -0.1) is 0 Å². The van der Waals surface area contributed by atoms with Crippen LogP contribution in [0.1, 0.15) is 52.3 Å². The standard InChI is InChI=1S/C26H39NO5/c1-16(13-14-21-19(4)22(28)23(29-7)25(27-21)31-9)11-10-12-17(2)15-18(3)24(30-8)26(6)20(5)32-26/h10,12-13,15,18,20,24H,11,14H2,1-9H3,(H,27,28)/b12-10+,16-13+,17-15+/t18-,20?,24-,26?/m1/s1. The third-order valence-corrected chi connectivity index (χ3v) is 6.36. The smallest absolute Gasteiger partial charge is 0.238 e. The van der Waals surface area contributed by atoms with Gasteiger partial charge in [0, 0.05) is 30.7 Å². The predicted molar refractivity (Wildman–Crippen MR) is 129 cm³/mol. The Labute approximate surface area is 192 Å². The molecule has 178 valence electrons. The first-order valence-corrected chi connectivity index (χ1v) is 11.1. The average Bonchev–Trinajstić information content (AvgIpc) is 3.35. The van der Waals surface area contributed by atoms with Crippen LogP contribution in [-0.4, -0.2) is 44.1 Å². The van der Waals surface area contributed by atoms with Crippen molar-refractivity contribution in [1.29, 1.82) is 0 Å². The van der Waals surface area contributed by atoms with Crippen LogP contribution in [0.25, 0.3) is 0 Å². The Morgan fingerprint density at radius 2 is 1.91 bits per heavy atom. The van der Waals surface area contributed by atoms with Gasteiger partial charge in [0.05, 0.1) is 26.4 Å². The highest BCUT2D eigenvalue weighted by molar-refractivity contribution is 5.40. The fourth-order valence-electron chi connectivity index (χ4n) is 4.20. The Morgan fingerprint density at radius 3 is 2.44 bits per heavy atom. The van der Waals surface area contributed by atoms with Crippen LogP contribution >= 0.6 is 0 Å². The molecule has 2 unspecified atom stereocenters. The molecule has 6 nitrogen and oxygen atoms in total.